The van der Waals surface area contributed by atoms with E-state index in [4.69, 9.17) is 9.47 Å². The number of esters is 2. The molecule has 4 heteroatoms. The van der Waals surface area contributed by atoms with E-state index in [1.54, 1.807) is 0 Å². The van der Waals surface area contributed by atoms with Gasteiger partial charge in [0, 0.05) is 0 Å². The zero-order valence-corrected chi connectivity index (χ0v) is 25.2. The van der Waals surface area contributed by atoms with Crippen molar-refractivity contribution < 1.29 is 19.1 Å². The monoisotopic (exact) mass is 558 g/mol. The smallest absolute Gasteiger partial charge is 0.338 e. The van der Waals surface area contributed by atoms with Gasteiger partial charge in [-0.25, -0.2) is 9.59 Å². The molecule has 2 unspecified atom stereocenters. The van der Waals surface area contributed by atoms with Gasteiger partial charge >= 0.3 is 11.9 Å². The number of carbonyl (C=O) groups excluding carboxylic acids is 2. The first-order chi connectivity index (χ1) is 20.0. The van der Waals surface area contributed by atoms with Crippen LogP contribution in [-0.4, -0.2) is 24.1 Å². The maximum absolute atomic E-state index is 14.0. The molecule has 214 valence electrons. The molecule has 0 heterocycles. The number of carbonyl (C=O) groups is 2. The number of hydrogen-bond donors (Lipinski definition) is 0. The van der Waals surface area contributed by atoms with Crippen molar-refractivity contribution in [2.24, 2.45) is 0 Å². The Kier molecular flexibility index (Phi) is 6.84. The molecule has 7 rings (SSSR count). The van der Waals surface area contributed by atoms with Crippen molar-refractivity contribution in [3.05, 3.63) is 142 Å². The second-order valence-corrected chi connectivity index (χ2v) is 13.5. The third kappa shape index (κ3) is 4.73. The molecule has 0 saturated heterocycles. The van der Waals surface area contributed by atoms with E-state index in [0.29, 0.717) is 11.1 Å². The molecule has 0 N–H and O–H groups in total. The lowest BCUT2D eigenvalue weighted by molar-refractivity contribution is -0.0559. The molecule has 4 aromatic rings. The van der Waals surface area contributed by atoms with Gasteiger partial charge in [-0.15, -0.1) is 0 Å². The van der Waals surface area contributed by atoms with Crippen molar-refractivity contribution in [3.63, 3.8) is 0 Å². The predicted molar refractivity (Wildman–Crippen MR) is 165 cm³/mol. The van der Waals surface area contributed by atoms with Gasteiger partial charge in [0.2, 0.25) is 0 Å². The summed E-state index contributed by atoms with van der Waals surface area (Å²) in [6, 6.07) is 31.8. The van der Waals surface area contributed by atoms with E-state index in [1.165, 1.54) is 0 Å². The van der Waals surface area contributed by atoms with E-state index in [1.807, 2.05) is 72.8 Å². The van der Waals surface area contributed by atoms with Gasteiger partial charge in [0.05, 0.1) is 23.0 Å². The normalized spacial score (nSPS) is 20.8. The van der Waals surface area contributed by atoms with E-state index in [9.17, 15) is 9.59 Å². The predicted octanol–water partition coefficient (Wildman–Crippen LogP) is 8.32. The molecule has 0 radical (unpaired) electrons. The summed E-state index contributed by atoms with van der Waals surface area (Å²) >= 11 is 0. The average molecular weight is 559 g/mol. The molecular weight excluding hydrogens is 520 g/mol. The molecule has 0 spiro atoms. The third-order valence-corrected chi connectivity index (χ3v) is 8.71. The fraction of sp³-hybridized carbons (Fsp3) is 0.316. The van der Waals surface area contributed by atoms with Crippen molar-refractivity contribution in [3.8, 4) is 0 Å². The summed E-state index contributed by atoms with van der Waals surface area (Å²) in [5.74, 6) is -1.32. The van der Waals surface area contributed by atoms with Crippen LogP contribution in [0.15, 0.2) is 97.1 Å². The highest BCUT2D eigenvalue weighted by Crippen LogP contribution is 2.55. The van der Waals surface area contributed by atoms with Crippen LogP contribution >= 0.6 is 0 Å². The fourth-order valence-electron chi connectivity index (χ4n) is 6.85. The van der Waals surface area contributed by atoms with E-state index in [0.717, 1.165) is 33.4 Å². The Hall–Kier alpha value is -4.18. The van der Waals surface area contributed by atoms with Gasteiger partial charge in [-0.2, -0.15) is 0 Å². The van der Waals surface area contributed by atoms with Gasteiger partial charge in [0.25, 0.3) is 0 Å². The summed E-state index contributed by atoms with van der Waals surface area (Å²) in [5, 5.41) is 0. The van der Waals surface area contributed by atoms with Crippen LogP contribution in [0.3, 0.4) is 0 Å². The molecule has 3 aliphatic carbocycles. The minimum absolute atomic E-state index is 0.247. The molecule has 42 heavy (non-hydrogen) atoms. The van der Waals surface area contributed by atoms with Crippen LogP contribution in [0.2, 0.25) is 0 Å². The van der Waals surface area contributed by atoms with Crippen LogP contribution in [0, 0.1) is 0 Å². The fourth-order valence-corrected chi connectivity index (χ4v) is 6.85. The zero-order valence-electron chi connectivity index (χ0n) is 25.2. The van der Waals surface area contributed by atoms with Crippen LogP contribution in [-0.2, 0) is 20.3 Å². The minimum atomic E-state index is -0.689. The van der Waals surface area contributed by atoms with Crippen LogP contribution in [0.5, 0.6) is 0 Å². The van der Waals surface area contributed by atoms with Gasteiger partial charge in [0.1, 0.15) is 0 Å². The van der Waals surface area contributed by atoms with Crippen molar-refractivity contribution in [2.75, 3.05) is 0 Å². The molecule has 2 bridgehead atoms. The molecule has 0 aliphatic heterocycles. The molecule has 3 aliphatic rings. The highest BCUT2D eigenvalue weighted by molar-refractivity contribution is 5.93. The van der Waals surface area contributed by atoms with Gasteiger partial charge in [-0.3, -0.25) is 0 Å². The Labute approximate surface area is 248 Å². The largest absolute Gasteiger partial charge is 0.454 e. The Balaban J connectivity index is 1.46. The lowest BCUT2D eigenvalue weighted by atomic mass is 9.61. The van der Waals surface area contributed by atoms with Crippen LogP contribution in [0.4, 0.5) is 0 Å². The summed E-state index contributed by atoms with van der Waals surface area (Å²) < 4.78 is 13.0. The van der Waals surface area contributed by atoms with Crippen LogP contribution < -0.4 is 0 Å². The van der Waals surface area contributed by atoms with E-state index >= 15 is 0 Å². The van der Waals surface area contributed by atoms with Gasteiger partial charge in [-0.1, -0.05) is 126 Å². The number of benzene rings is 4. The Bertz CT molecular complexity index is 1500. The number of rotatable bonds is 4. The zero-order chi connectivity index (χ0) is 29.8. The maximum Gasteiger partial charge on any atom is 0.338 e. The van der Waals surface area contributed by atoms with Gasteiger partial charge < -0.3 is 9.47 Å². The molecule has 0 fully saturated rings. The summed E-state index contributed by atoms with van der Waals surface area (Å²) in [7, 11) is 0. The standard InChI is InChI=1S/C38H38O4/c1-37(2,3)29-21-13-11-19-27(29)35(39)41-33-31-23-15-7-9-17-25(23)32(26-18-10-8-16-24(26)31)34(33)42-36(40)28-20-12-14-22-30(28)38(4,5)6/h7-22,31-34H,1-6H3/t31-,32-,33?,34?. The first-order valence-corrected chi connectivity index (χ1v) is 14.8. The Morgan fingerprint density at radius 3 is 1.07 bits per heavy atom. The summed E-state index contributed by atoms with van der Waals surface area (Å²) in [6.45, 7) is 12.5. The summed E-state index contributed by atoms with van der Waals surface area (Å²) in [6.07, 6.45) is -1.38. The highest BCUT2D eigenvalue weighted by atomic mass is 16.6. The molecule has 4 nitrogen and oxygen atoms in total. The highest BCUT2D eigenvalue weighted by Gasteiger charge is 2.54. The molecule has 4 aromatic carbocycles. The number of ether oxygens (including phenoxy) is 2. The average Bonchev–Trinajstić information content (AvgIpc) is 2.97. The first-order valence-electron chi connectivity index (χ1n) is 14.8. The number of hydrogen-bond acceptors (Lipinski definition) is 4. The van der Waals surface area contributed by atoms with Gasteiger partial charge in [0.15, 0.2) is 12.2 Å². The van der Waals surface area contributed by atoms with E-state index in [-0.39, 0.29) is 22.7 Å². The Morgan fingerprint density at radius 1 is 0.476 bits per heavy atom. The van der Waals surface area contributed by atoms with Gasteiger partial charge in [-0.05, 0) is 56.3 Å². The van der Waals surface area contributed by atoms with Crippen molar-refractivity contribution in [2.45, 2.75) is 76.4 Å². The topological polar surface area (TPSA) is 52.6 Å². The van der Waals surface area contributed by atoms with Crippen molar-refractivity contribution >= 4 is 11.9 Å². The Morgan fingerprint density at radius 2 is 0.762 bits per heavy atom. The molecule has 0 amide bonds. The third-order valence-electron chi connectivity index (χ3n) is 8.71. The second kappa shape index (κ2) is 10.3. The second-order valence-electron chi connectivity index (χ2n) is 13.5. The molecular formula is C38H38O4. The SMILES string of the molecule is CC(C)(C)c1ccccc1C(=O)OC1C(OC(=O)c2ccccc2C(C)(C)C)[C@H]2c3ccccc3[C@H]1c1ccccc12. The van der Waals surface area contributed by atoms with E-state index < -0.39 is 24.1 Å². The quantitative estimate of drug-likeness (QED) is 0.236. The molecule has 0 saturated carbocycles. The van der Waals surface area contributed by atoms with Crippen molar-refractivity contribution in [1.29, 1.82) is 0 Å². The molecule has 2 atom stereocenters. The van der Waals surface area contributed by atoms with E-state index in [2.05, 4.69) is 65.8 Å². The maximum atomic E-state index is 14.0. The number of fused-ring (bicyclic) bond motifs is 1. The molecule has 0 aromatic heterocycles. The first kappa shape index (κ1) is 28.0. The van der Waals surface area contributed by atoms with Crippen LogP contribution in [0.25, 0.3) is 0 Å². The lowest BCUT2D eigenvalue weighted by Gasteiger charge is -2.49. The summed E-state index contributed by atoms with van der Waals surface area (Å²) in [5.41, 5.74) is 6.89. The van der Waals surface area contributed by atoms with Crippen LogP contribution in [0.1, 0.15) is 107 Å². The van der Waals surface area contributed by atoms with Crippen molar-refractivity contribution in [1.82, 2.24) is 0 Å². The minimum Gasteiger partial charge on any atom is -0.454 e. The summed E-state index contributed by atoms with van der Waals surface area (Å²) in [4.78, 5) is 28.0. The lowest BCUT2D eigenvalue weighted by Crippen LogP contribution is -2.51.